The van der Waals surface area contributed by atoms with E-state index < -0.39 is 6.04 Å². The Labute approximate surface area is 162 Å². The van der Waals surface area contributed by atoms with Gasteiger partial charge >= 0.3 is 0 Å². The number of piperidine rings is 1. The van der Waals surface area contributed by atoms with Gasteiger partial charge in [-0.3, -0.25) is 14.4 Å². The van der Waals surface area contributed by atoms with Gasteiger partial charge in [0.05, 0.1) is 0 Å². The Morgan fingerprint density at radius 1 is 1.27 bits per heavy atom. The third-order valence-corrected chi connectivity index (χ3v) is 5.43. The lowest BCUT2D eigenvalue weighted by Crippen LogP contribution is -2.51. The van der Waals surface area contributed by atoms with Crippen LogP contribution in [0.3, 0.4) is 0 Å². The van der Waals surface area contributed by atoms with E-state index in [-0.39, 0.29) is 23.6 Å². The van der Waals surface area contributed by atoms with E-state index in [2.05, 4.69) is 5.32 Å². The number of hydrogen-bond donors (Lipinski definition) is 2. The van der Waals surface area contributed by atoms with Crippen molar-refractivity contribution in [2.24, 2.45) is 11.7 Å². The minimum atomic E-state index is -0.587. The lowest BCUT2D eigenvalue weighted by Gasteiger charge is -2.33. The van der Waals surface area contributed by atoms with Crippen LogP contribution in [0, 0.1) is 5.92 Å². The number of nitrogens with one attached hydrogen (secondary N) is 1. The van der Waals surface area contributed by atoms with E-state index >= 15 is 0 Å². The predicted octanol–water partition coefficient (Wildman–Crippen LogP) is 1.92. The Balaban J connectivity index is 2.01. The first-order valence-corrected chi connectivity index (χ1v) is 10.3. The van der Waals surface area contributed by atoms with Gasteiger partial charge in [-0.05, 0) is 55.5 Å². The highest BCUT2D eigenvalue weighted by atomic mass is 35.5. The summed E-state index contributed by atoms with van der Waals surface area (Å²) in [5.41, 5.74) is 5.81. The summed E-state index contributed by atoms with van der Waals surface area (Å²) in [5.74, 6) is -0.133. The maximum absolute atomic E-state index is 12.9. The molecule has 8 heteroatoms. The molecule has 6 nitrogen and oxygen atoms in total. The topological polar surface area (TPSA) is 92.5 Å². The molecule has 1 aliphatic heterocycles. The number of nitrogens with two attached hydrogens (primary N) is 1. The molecule has 1 fully saturated rings. The van der Waals surface area contributed by atoms with Gasteiger partial charge in [0.2, 0.25) is 11.8 Å². The molecule has 2 rings (SSSR count). The summed E-state index contributed by atoms with van der Waals surface area (Å²) in [4.78, 5) is 38.3. The summed E-state index contributed by atoms with van der Waals surface area (Å²) < 4.78 is 0. The highest BCUT2D eigenvalue weighted by molar-refractivity contribution is 7.98. The van der Waals surface area contributed by atoms with Crippen LogP contribution in [-0.4, -0.2) is 53.8 Å². The zero-order chi connectivity index (χ0) is 19.1. The Hall–Kier alpha value is -1.73. The molecular weight excluding hydrogens is 374 g/mol. The third kappa shape index (κ3) is 5.64. The zero-order valence-corrected chi connectivity index (χ0v) is 16.3. The van der Waals surface area contributed by atoms with E-state index in [0.717, 1.165) is 5.75 Å². The first kappa shape index (κ1) is 20.6. The van der Waals surface area contributed by atoms with Gasteiger partial charge in [0.25, 0.3) is 5.91 Å². The van der Waals surface area contributed by atoms with Crippen LogP contribution in [0.4, 0.5) is 0 Å². The van der Waals surface area contributed by atoms with Gasteiger partial charge in [0, 0.05) is 29.6 Å². The van der Waals surface area contributed by atoms with E-state index in [4.69, 9.17) is 17.3 Å². The van der Waals surface area contributed by atoms with E-state index in [9.17, 15) is 14.4 Å². The van der Waals surface area contributed by atoms with Crippen molar-refractivity contribution in [1.29, 1.82) is 0 Å². The number of rotatable bonds is 7. The smallest absolute Gasteiger partial charge is 0.251 e. The molecule has 1 atom stereocenters. The van der Waals surface area contributed by atoms with Crippen LogP contribution in [0.1, 0.15) is 29.6 Å². The normalized spacial score (nSPS) is 16.2. The number of amides is 3. The number of halogens is 1. The number of likely N-dealkylation sites (tertiary alicyclic amines) is 1. The van der Waals surface area contributed by atoms with Crippen LogP contribution in [-0.2, 0) is 9.59 Å². The summed E-state index contributed by atoms with van der Waals surface area (Å²) in [6.07, 6.45) is 3.65. The van der Waals surface area contributed by atoms with Gasteiger partial charge in [0.15, 0.2) is 0 Å². The van der Waals surface area contributed by atoms with Crippen LogP contribution in [0.15, 0.2) is 24.3 Å². The molecule has 1 aromatic carbocycles. The van der Waals surface area contributed by atoms with Crippen LogP contribution < -0.4 is 11.1 Å². The molecule has 0 unspecified atom stereocenters. The first-order chi connectivity index (χ1) is 12.4. The second-order valence-corrected chi connectivity index (χ2v) is 7.74. The van der Waals surface area contributed by atoms with Crippen molar-refractivity contribution < 1.29 is 14.4 Å². The average molecular weight is 398 g/mol. The summed E-state index contributed by atoms with van der Waals surface area (Å²) in [6.45, 7) is 0.970. The molecule has 1 aliphatic rings. The third-order valence-electron chi connectivity index (χ3n) is 4.53. The van der Waals surface area contributed by atoms with Gasteiger partial charge in [-0.15, -0.1) is 0 Å². The number of hydrogen-bond acceptors (Lipinski definition) is 4. The minimum Gasteiger partial charge on any atom is -0.369 e. The highest BCUT2D eigenvalue weighted by Crippen LogP contribution is 2.18. The van der Waals surface area contributed by atoms with Crippen LogP contribution in [0.2, 0.25) is 5.02 Å². The summed E-state index contributed by atoms with van der Waals surface area (Å²) in [6, 6.07) is 5.96. The van der Waals surface area contributed by atoms with Gasteiger partial charge in [-0.25, -0.2) is 0 Å². The quantitative estimate of drug-likeness (QED) is 0.735. The van der Waals surface area contributed by atoms with Crippen molar-refractivity contribution in [3.63, 3.8) is 0 Å². The van der Waals surface area contributed by atoms with Crippen molar-refractivity contribution in [3.8, 4) is 0 Å². The van der Waals surface area contributed by atoms with Crippen LogP contribution >= 0.6 is 23.4 Å². The molecule has 1 heterocycles. The Morgan fingerprint density at radius 3 is 2.42 bits per heavy atom. The number of primary amides is 1. The molecule has 0 aliphatic carbocycles. The molecule has 0 spiro atoms. The predicted molar refractivity (Wildman–Crippen MR) is 104 cm³/mol. The van der Waals surface area contributed by atoms with Crippen molar-refractivity contribution in [2.75, 3.05) is 25.1 Å². The lowest BCUT2D eigenvalue weighted by molar-refractivity contribution is -0.136. The molecule has 142 valence electrons. The van der Waals surface area contributed by atoms with Gasteiger partial charge < -0.3 is 16.0 Å². The summed E-state index contributed by atoms with van der Waals surface area (Å²) in [7, 11) is 0. The fourth-order valence-electron chi connectivity index (χ4n) is 2.94. The second kappa shape index (κ2) is 9.83. The molecule has 0 bridgehead atoms. The largest absolute Gasteiger partial charge is 0.369 e. The monoisotopic (exact) mass is 397 g/mol. The van der Waals surface area contributed by atoms with E-state index in [1.54, 1.807) is 40.9 Å². The van der Waals surface area contributed by atoms with Crippen molar-refractivity contribution in [1.82, 2.24) is 10.2 Å². The maximum Gasteiger partial charge on any atom is 0.251 e. The van der Waals surface area contributed by atoms with Gasteiger partial charge in [-0.1, -0.05) is 11.6 Å². The fourth-order valence-corrected chi connectivity index (χ4v) is 3.54. The molecule has 0 radical (unpaired) electrons. The molecule has 0 saturated carbocycles. The van der Waals surface area contributed by atoms with Gasteiger partial charge in [-0.2, -0.15) is 11.8 Å². The van der Waals surface area contributed by atoms with Crippen molar-refractivity contribution in [2.45, 2.75) is 25.3 Å². The number of nitrogens with zero attached hydrogens (tertiary/aromatic N) is 1. The van der Waals surface area contributed by atoms with E-state index in [0.29, 0.717) is 42.9 Å². The molecular formula is C18H24ClN3O3S. The second-order valence-electron chi connectivity index (χ2n) is 6.32. The van der Waals surface area contributed by atoms with Gasteiger partial charge in [0.1, 0.15) is 6.04 Å². The number of thioether (sulfide) groups is 1. The van der Waals surface area contributed by atoms with Crippen LogP contribution in [0.5, 0.6) is 0 Å². The molecule has 1 saturated heterocycles. The zero-order valence-electron chi connectivity index (χ0n) is 14.7. The number of benzene rings is 1. The van der Waals surface area contributed by atoms with Crippen molar-refractivity contribution >= 4 is 41.1 Å². The molecule has 3 amide bonds. The van der Waals surface area contributed by atoms with Crippen LogP contribution in [0.25, 0.3) is 0 Å². The summed E-state index contributed by atoms with van der Waals surface area (Å²) in [5, 5.41) is 3.39. The standard InChI is InChI=1S/C18H24ClN3O3S/c1-26-11-8-15(21-17(24)13-2-4-14(19)5-3-13)18(25)22-9-6-12(7-10-22)16(20)23/h2-5,12,15H,6-11H2,1H3,(H2,20,23)(H,21,24)/t15-/m1/s1. The maximum atomic E-state index is 12.9. The number of carbonyl (C=O) groups excluding carboxylic acids is 3. The van der Waals surface area contributed by atoms with Crippen molar-refractivity contribution in [3.05, 3.63) is 34.9 Å². The Bertz CT molecular complexity index is 646. The average Bonchev–Trinajstić information content (AvgIpc) is 2.65. The fraction of sp³-hybridized carbons (Fsp3) is 0.500. The molecule has 1 aromatic rings. The van der Waals surface area contributed by atoms with E-state index in [1.807, 2.05) is 6.26 Å². The Kier molecular flexibility index (Phi) is 7.78. The first-order valence-electron chi connectivity index (χ1n) is 8.56. The number of carbonyl (C=O) groups is 3. The summed E-state index contributed by atoms with van der Waals surface area (Å²) >= 11 is 7.47. The Morgan fingerprint density at radius 2 is 1.88 bits per heavy atom. The van der Waals surface area contributed by atoms with E-state index in [1.165, 1.54) is 0 Å². The molecule has 0 aromatic heterocycles. The molecule has 3 N–H and O–H groups in total. The molecule has 26 heavy (non-hydrogen) atoms. The minimum absolute atomic E-state index is 0.107. The highest BCUT2D eigenvalue weighted by Gasteiger charge is 2.30. The SMILES string of the molecule is CSCC[C@@H](NC(=O)c1ccc(Cl)cc1)C(=O)N1CCC(C(N)=O)CC1. The lowest BCUT2D eigenvalue weighted by atomic mass is 9.95.